The fourth-order valence-corrected chi connectivity index (χ4v) is 0.763. The molecule has 0 spiro atoms. The molecule has 0 aliphatic rings. The molecule has 0 saturated heterocycles. The van der Waals surface area contributed by atoms with Crippen LogP contribution in [0, 0.1) is 11.3 Å². The second-order valence-corrected chi connectivity index (χ2v) is 2.37. The lowest BCUT2D eigenvalue weighted by Gasteiger charge is -1.99. The minimum absolute atomic E-state index is 0.269. The molecule has 0 saturated carbocycles. The van der Waals surface area contributed by atoms with Crippen LogP contribution in [0.3, 0.4) is 0 Å². The molecule has 1 rings (SSSR count). The first-order valence-electron chi connectivity index (χ1n) is 3.88. The summed E-state index contributed by atoms with van der Waals surface area (Å²) in [5, 5.41) is 14.3. The number of nitriles is 1. The molecule has 5 nitrogen and oxygen atoms in total. The number of unbranched alkanes of at least 4 members (excludes halogenated alkanes) is 1. The van der Waals surface area contributed by atoms with Gasteiger partial charge in [0.2, 0.25) is 0 Å². The Bertz CT molecular complexity index is 300. The SMILES string of the molecule is N#CCCCOC(=O)c1ccn[nH]1. The van der Waals surface area contributed by atoms with Crippen molar-refractivity contribution < 1.29 is 9.53 Å². The van der Waals surface area contributed by atoms with Crippen LogP contribution in [0.25, 0.3) is 0 Å². The maximum atomic E-state index is 11.1. The van der Waals surface area contributed by atoms with Crippen LogP contribution in [-0.4, -0.2) is 22.8 Å². The van der Waals surface area contributed by atoms with Crippen molar-refractivity contribution in [1.82, 2.24) is 10.2 Å². The number of rotatable bonds is 4. The molecule has 0 aliphatic heterocycles. The molecule has 0 atom stereocenters. The number of ether oxygens (including phenoxy) is 1. The van der Waals surface area contributed by atoms with Gasteiger partial charge in [0, 0.05) is 12.6 Å². The Morgan fingerprint density at radius 3 is 3.23 bits per heavy atom. The molecule has 0 unspecified atom stereocenters. The van der Waals surface area contributed by atoms with Crippen molar-refractivity contribution >= 4 is 5.97 Å². The molecule has 0 aromatic carbocycles. The Morgan fingerprint density at radius 1 is 1.77 bits per heavy atom. The summed E-state index contributed by atoms with van der Waals surface area (Å²) >= 11 is 0. The number of aromatic amines is 1. The zero-order valence-corrected chi connectivity index (χ0v) is 6.99. The number of nitrogens with zero attached hydrogens (tertiary/aromatic N) is 2. The first-order valence-corrected chi connectivity index (χ1v) is 3.88. The van der Waals surface area contributed by atoms with Gasteiger partial charge in [-0.3, -0.25) is 5.10 Å². The van der Waals surface area contributed by atoms with Crippen LogP contribution in [0.5, 0.6) is 0 Å². The zero-order valence-electron chi connectivity index (χ0n) is 6.99. The molecule has 0 amide bonds. The average Bonchev–Trinajstić information content (AvgIpc) is 2.65. The predicted octanol–water partition coefficient (Wildman–Crippen LogP) is 0.870. The highest BCUT2D eigenvalue weighted by atomic mass is 16.5. The van der Waals surface area contributed by atoms with Crippen molar-refractivity contribution in [2.75, 3.05) is 6.61 Å². The smallest absolute Gasteiger partial charge is 0.356 e. The second-order valence-electron chi connectivity index (χ2n) is 2.37. The van der Waals surface area contributed by atoms with Gasteiger partial charge in [0.05, 0.1) is 12.7 Å². The molecule has 0 bridgehead atoms. The van der Waals surface area contributed by atoms with Crippen molar-refractivity contribution in [2.45, 2.75) is 12.8 Å². The van der Waals surface area contributed by atoms with Crippen molar-refractivity contribution in [2.24, 2.45) is 0 Å². The monoisotopic (exact) mass is 179 g/mol. The molecule has 0 aliphatic carbocycles. The first-order chi connectivity index (χ1) is 6.34. The van der Waals surface area contributed by atoms with Gasteiger partial charge in [-0.2, -0.15) is 10.4 Å². The summed E-state index contributed by atoms with van der Waals surface area (Å²) in [5.74, 6) is -0.435. The number of hydrogen-bond donors (Lipinski definition) is 1. The van der Waals surface area contributed by atoms with Crippen LogP contribution in [0.1, 0.15) is 23.3 Å². The Morgan fingerprint density at radius 2 is 2.62 bits per heavy atom. The van der Waals surface area contributed by atoms with E-state index in [0.29, 0.717) is 18.5 Å². The quantitative estimate of drug-likeness (QED) is 0.549. The summed E-state index contributed by atoms with van der Waals surface area (Å²) in [6.45, 7) is 0.269. The van der Waals surface area contributed by atoms with E-state index >= 15 is 0 Å². The van der Waals surface area contributed by atoms with Crippen LogP contribution >= 0.6 is 0 Å². The Labute approximate surface area is 75.3 Å². The number of carbonyl (C=O) groups is 1. The zero-order chi connectivity index (χ0) is 9.52. The summed E-state index contributed by atoms with van der Waals surface area (Å²) in [5.41, 5.74) is 0.331. The predicted molar refractivity (Wildman–Crippen MR) is 43.7 cm³/mol. The van der Waals surface area contributed by atoms with Crippen molar-refractivity contribution in [3.05, 3.63) is 18.0 Å². The molecule has 1 aromatic heterocycles. The van der Waals surface area contributed by atoms with Gasteiger partial charge in [0.15, 0.2) is 0 Å². The van der Waals surface area contributed by atoms with Crippen LogP contribution in [0.4, 0.5) is 0 Å². The van der Waals surface area contributed by atoms with Gasteiger partial charge >= 0.3 is 5.97 Å². The lowest BCUT2D eigenvalue weighted by Crippen LogP contribution is -2.06. The van der Waals surface area contributed by atoms with E-state index in [1.807, 2.05) is 6.07 Å². The third kappa shape index (κ3) is 2.95. The van der Waals surface area contributed by atoms with Crippen LogP contribution in [0.15, 0.2) is 12.3 Å². The third-order valence-electron chi connectivity index (χ3n) is 1.39. The molecule has 13 heavy (non-hydrogen) atoms. The van der Waals surface area contributed by atoms with Crippen LogP contribution < -0.4 is 0 Å². The van der Waals surface area contributed by atoms with E-state index in [2.05, 4.69) is 10.2 Å². The summed E-state index contributed by atoms with van der Waals surface area (Å²) in [6, 6.07) is 3.50. The number of hydrogen-bond acceptors (Lipinski definition) is 4. The van der Waals surface area contributed by atoms with Gasteiger partial charge in [-0.1, -0.05) is 0 Å². The summed E-state index contributed by atoms with van der Waals surface area (Å²) in [6.07, 6.45) is 2.44. The molecular weight excluding hydrogens is 170 g/mol. The molecular formula is C8H9N3O2. The third-order valence-corrected chi connectivity index (χ3v) is 1.39. The van der Waals surface area contributed by atoms with Crippen molar-refractivity contribution in [3.63, 3.8) is 0 Å². The number of esters is 1. The fourth-order valence-electron chi connectivity index (χ4n) is 0.763. The normalized spacial score (nSPS) is 9.15. The van der Waals surface area contributed by atoms with Gasteiger partial charge in [-0.25, -0.2) is 4.79 Å². The lowest BCUT2D eigenvalue weighted by molar-refractivity contribution is 0.0495. The first kappa shape index (κ1) is 9.26. The van der Waals surface area contributed by atoms with E-state index in [0.717, 1.165) is 0 Å². The minimum Gasteiger partial charge on any atom is -0.461 e. The lowest BCUT2D eigenvalue weighted by atomic mass is 10.3. The number of aromatic nitrogens is 2. The number of carbonyl (C=O) groups excluding carboxylic acids is 1. The van der Waals surface area contributed by atoms with Gasteiger partial charge in [0.25, 0.3) is 0 Å². The van der Waals surface area contributed by atoms with E-state index in [4.69, 9.17) is 10.00 Å². The largest absolute Gasteiger partial charge is 0.461 e. The standard InChI is InChI=1S/C8H9N3O2/c9-4-1-2-6-13-8(12)7-3-5-10-11-7/h3,5H,1-2,6H2,(H,10,11). The maximum absolute atomic E-state index is 11.1. The number of H-pyrrole nitrogens is 1. The summed E-state index contributed by atoms with van der Waals surface area (Å²) in [4.78, 5) is 11.1. The summed E-state index contributed by atoms with van der Waals surface area (Å²) in [7, 11) is 0. The molecule has 68 valence electrons. The van der Waals surface area contributed by atoms with Gasteiger partial charge in [-0.05, 0) is 12.5 Å². The van der Waals surface area contributed by atoms with E-state index in [1.165, 1.54) is 12.3 Å². The summed E-state index contributed by atoms with van der Waals surface area (Å²) < 4.78 is 4.83. The van der Waals surface area contributed by atoms with Gasteiger partial charge in [-0.15, -0.1) is 0 Å². The molecule has 1 N–H and O–H groups in total. The Hall–Kier alpha value is -1.83. The van der Waals surface area contributed by atoms with E-state index < -0.39 is 5.97 Å². The fraction of sp³-hybridized carbons (Fsp3) is 0.375. The molecule has 0 fully saturated rings. The van der Waals surface area contributed by atoms with E-state index in [9.17, 15) is 4.79 Å². The maximum Gasteiger partial charge on any atom is 0.356 e. The second kappa shape index (κ2) is 4.93. The topological polar surface area (TPSA) is 78.8 Å². The van der Waals surface area contributed by atoms with Crippen LogP contribution in [0.2, 0.25) is 0 Å². The highest BCUT2D eigenvalue weighted by Gasteiger charge is 2.06. The van der Waals surface area contributed by atoms with Crippen molar-refractivity contribution in [3.8, 4) is 6.07 Å². The highest BCUT2D eigenvalue weighted by molar-refractivity contribution is 5.86. The molecule has 0 radical (unpaired) electrons. The van der Waals surface area contributed by atoms with E-state index in [1.54, 1.807) is 0 Å². The molecule has 5 heteroatoms. The van der Waals surface area contributed by atoms with Gasteiger partial charge < -0.3 is 4.74 Å². The van der Waals surface area contributed by atoms with Gasteiger partial charge in [0.1, 0.15) is 5.69 Å². The Kier molecular flexibility index (Phi) is 3.51. The highest BCUT2D eigenvalue weighted by Crippen LogP contribution is 1.97. The van der Waals surface area contributed by atoms with Crippen LogP contribution in [-0.2, 0) is 4.74 Å². The average molecular weight is 179 g/mol. The van der Waals surface area contributed by atoms with E-state index in [-0.39, 0.29) is 6.61 Å². The number of nitrogens with one attached hydrogen (secondary N) is 1. The minimum atomic E-state index is -0.435. The molecule has 1 aromatic rings. The molecule has 1 heterocycles. The van der Waals surface area contributed by atoms with Crippen molar-refractivity contribution in [1.29, 1.82) is 5.26 Å². The Balaban J connectivity index is 2.24.